The van der Waals surface area contributed by atoms with Crippen molar-refractivity contribution in [1.82, 2.24) is 0 Å². The minimum atomic E-state index is -3.22. The molecule has 0 aliphatic rings. The molecule has 0 rings (SSSR count). The summed E-state index contributed by atoms with van der Waals surface area (Å²) in [4.78, 5) is 0. The molecule has 308 valence electrons. The SMILES string of the molecule is CCO[Si](C)(CCCCCCCCC[Si](O[Si](C(C)C)(C(C)C)C(C)C)(O[Si](C(C)C)(C(C)C)C(C)C)O[Si](C(C)C)(C(C)C)C(C)C)OCC. The molecule has 0 atom stereocenters. The highest BCUT2D eigenvalue weighted by Gasteiger charge is 2.63. The second-order valence-electron chi connectivity index (χ2n) is 18.9. The Labute approximate surface area is 327 Å². The molecule has 51 heavy (non-hydrogen) atoms. The molecule has 0 N–H and O–H groups in total. The molecular weight excluding hydrogens is 713 g/mol. The Morgan fingerprint density at radius 3 is 0.765 bits per heavy atom. The molecule has 0 aromatic carbocycles. The molecular formula is C41H94O5Si5. The van der Waals surface area contributed by atoms with Crippen molar-refractivity contribution in [3.63, 3.8) is 0 Å². The van der Waals surface area contributed by atoms with E-state index in [1.807, 2.05) is 0 Å². The molecule has 0 saturated heterocycles. The molecule has 0 aliphatic carbocycles. The van der Waals surface area contributed by atoms with Crippen LogP contribution in [0, 0.1) is 0 Å². The Morgan fingerprint density at radius 2 is 0.549 bits per heavy atom. The van der Waals surface area contributed by atoms with Crippen molar-refractivity contribution >= 4 is 42.3 Å². The van der Waals surface area contributed by atoms with Crippen molar-refractivity contribution in [2.45, 2.75) is 252 Å². The van der Waals surface area contributed by atoms with Crippen LogP contribution in [0.25, 0.3) is 0 Å². The van der Waals surface area contributed by atoms with Gasteiger partial charge in [-0.2, -0.15) is 0 Å². The van der Waals surface area contributed by atoms with Crippen molar-refractivity contribution < 1.29 is 21.2 Å². The Bertz CT molecular complexity index is 767. The maximum absolute atomic E-state index is 8.24. The molecule has 0 heterocycles. The van der Waals surface area contributed by atoms with Crippen molar-refractivity contribution in [3.05, 3.63) is 0 Å². The second kappa shape index (κ2) is 23.2. The number of rotatable bonds is 29. The van der Waals surface area contributed by atoms with E-state index in [0.717, 1.165) is 31.7 Å². The van der Waals surface area contributed by atoms with E-state index in [2.05, 4.69) is 145 Å². The lowest BCUT2D eigenvalue weighted by Crippen LogP contribution is -2.69. The fourth-order valence-electron chi connectivity index (χ4n) is 10.6. The Balaban J connectivity index is 6.94. The van der Waals surface area contributed by atoms with Gasteiger partial charge in [-0.1, -0.05) is 163 Å². The molecule has 0 fully saturated rings. The largest absolute Gasteiger partial charge is 0.469 e. The standard InChI is InChI=1S/C41H94O5Si5/c1-22-42-47(21,43-23-2)31-29-27-25-24-26-28-30-32-48(44-49(33(3)4,34(5)6)35(7)8,45-50(36(9)10,37(11)12)38(13)14)46-51(39(15)16,40(17)18)41(19)20/h33-41H,22-32H2,1-21H3. The first-order chi connectivity index (χ1) is 23.4. The number of unbranched alkanes of at least 4 members (excludes halogenated alkanes) is 6. The molecule has 0 unspecified atom stereocenters. The second-order valence-corrected chi connectivity index (χ2v) is 42.1. The summed E-state index contributed by atoms with van der Waals surface area (Å²) in [5, 5.41) is 0. The third-order valence-electron chi connectivity index (χ3n) is 12.6. The molecule has 0 bridgehead atoms. The third kappa shape index (κ3) is 13.5. The van der Waals surface area contributed by atoms with Crippen LogP contribution in [0.15, 0.2) is 0 Å². The lowest BCUT2D eigenvalue weighted by molar-refractivity contribution is 0.188. The van der Waals surface area contributed by atoms with Gasteiger partial charge in [-0.3, -0.25) is 0 Å². The van der Waals surface area contributed by atoms with E-state index in [1.165, 1.54) is 38.5 Å². The van der Waals surface area contributed by atoms with Crippen LogP contribution in [0.1, 0.15) is 183 Å². The van der Waals surface area contributed by atoms with Gasteiger partial charge in [0.25, 0.3) is 0 Å². The van der Waals surface area contributed by atoms with Crippen LogP contribution in [0.3, 0.4) is 0 Å². The minimum absolute atomic E-state index is 0.480. The third-order valence-corrected chi connectivity index (χ3v) is 40.9. The highest BCUT2D eigenvalue weighted by Crippen LogP contribution is 2.53. The lowest BCUT2D eigenvalue weighted by atomic mass is 10.1. The van der Waals surface area contributed by atoms with Gasteiger partial charge in [0, 0.05) is 19.3 Å². The van der Waals surface area contributed by atoms with Crippen molar-refractivity contribution in [1.29, 1.82) is 0 Å². The molecule has 0 amide bonds. The molecule has 0 aliphatic heterocycles. The van der Waals surface area contributed by atoms with Crippen molar-refractivity contribution in [2.24, 2.45) is 0 Å². The van der Waals surface area contributed by atoms with Gasteiger partial charge in [0.15, 0.2) is 25.0 Å². The fourth-order valence-corrected chi connectivity index (χ4v) is 43.5. The Morgan fingerprint density at radius 1 is 0.333 bits per heavy atom. The van der Waals surface area contributed by atoms with E-state index in [1.54, 1.807) is 0 Å². The number of hydrogen-bond acceptors (Lipinski definition) is 5. The van der Waals surface area contributed by atoms with Gasteiger partial charge >= 0.3 is 17.4 Å². The van der Waals surface area contributed by atoms with E-state index in [-0.39, 0.29) is 0 Å². The van der Waals surface area contributed by atoms with Gasteiger partial charge in [-0.15, -0.1) is 0 Å². The molecule has 0 radical (unpaired) electrons. The van der Waals surface area contributed by atoms with Gasteiger partial charge < -0.3 is 21.2 Å². The van der Waals surface area contributed by atoms with Gasteiger partial charge in [-0.05, 0) is 82.7 Å². The van der Waals surface area contributed by atoms with Crippen LogP contribution in [-0.2, 0) is 21.2 Å². The monoisotopic (exact) mass is 807 g/mol. The quantitative estimate of drug-likeness (QED) is 0.0556. The predicted octanol–water partition coefficient (Wildman–Crippen LogP) is 15.4. The minimum Gasteiger partial charge on any atom is -0.415 e. The first-order valence-corrected chi connectivity index (χ1v) is 32.7. The van der Waals surface area contributed by atoms with Gasteiger partial charge in [0.2, 0.25) is 0 Å². The van der Waals surface area contributed by atoms with Crippen molar-refractivity contribution in [2.75, 3.05) is 13.2 Å². The van der Waals surface area contributed by atoms with Gasteiger partial charge in [0.1, 0.15) is 0 Å². The predicted molar refractivity (Wildman–Crippen MR) is 239 cm³/mol. The fraction of sp³-hybridized carbons (Fsp3) is 1.00. The summed E-state index contributed by atoms with van der Waals surface area (Å²) in [7, 11) is -12.3. The van der Waals surface area contributed by atoms with E-state index >= 15 is 0 Å². The van der Waals surface area contributed by atoms with E-state index < -0.39 is 42.3 Å². The molecule has 0 spiro atoms. The van der Waals surface area contributed by atoms with Crippen LogP contribution in [-0.4, -0.2) is 55.5 Å². The summed E-state index contributed by atoms with van der Waals surface area (Å²) in [6.45, 7) is 51.8. The lowest BCUT2D eigenvalue weighted by Gasteiger charge is -2.56. The molecule has 0 aromatic rings. The summed E-state index contributed by atoms with van der Waals surface area (Å²) >= 11 is 0. The van der Waals surface area contributed by atoms with Crippen molar-refractivity contribution in [3.8, 4) is 0 Å². The summed E-state index contributed by atoms with van der Waals surface area (Å²) in [5.41, 5.74) is 4.32. The average Bonchev–Trinajstić information content (AvgIpc) is 2.99. The highest BCUT2D eigenvalue weighted by molar-refractivity contribution is 6.94. The normalized spacial score (nSPS) is 14.5. The molecule has 0 aromatic heterocycles. The first-order valence-electron chi connectivity index (χ1n) is 21.8. The zero-order valence-corrected chi connectivity index (χ0v) is 43.5. The Hall–Kier alpha value is 0.884. The molecule has 5 nitrogen and oxygen atoms in total. The zero-order valence-electron chi connectivity index (χ0n) is 38.5. The van der Waals surface area contributed by atoms with Gasteiger partial charge in [0.05, 0.1) is 0 Å². The molecule has 10 heteroatoms. The average molecular weight is 808 g/mol. The van der Waals surface area contributed by atoms with Crippen LogP contribution >= 0.6 is 0 Å². The van der Waals surface area contributed by atoms with Crippen LogP contribution < -0.4 is 0 Å². The van der Waals surface area contributed by atoms with E-state index in [4.69, 9.17) is 21.2 Å². The van der Waals surface area contributed by atoms with E-state index in [9.17, 15) is 0 Å². The first kappa shape index (κ1) is 51.9. The Kier molecular flexibility index (Phi) is 23.6. The maximum Gasteiger partial charge on any atom is 0.469 e. The summed E-state index contributed by atoms with van der Waals surface area (Å²) < 4.78 is 36.9. The van der Waals surface area contributed by atoms with Crippen LogP contribution in [0.5, 0.6) is 0 Å². The highest BCUT2D eigenvalue weighted by atomic mass is 28.5. The van der Waals surface area contributed by atoms with E-state index in [0.29, 0.717) is 49.9 Å². The smallest absolute Gasteiger partial charge is 0.415 e. The topological polar surface area (TPSA) is 46.2 Å². The van der Waals surface area contributed by atoms with Crippen LogP contribution in [0.2, 0.25) is 68.5 Å². The maximum atomic E-state index is 8.24. The summed E-state index contributed by atoms with van der Waals surface area (Å²) in [6.07, 6.45) is 8.65. The summed E-state index contributed by atoms with van der Waals surface area (Å²) in [6, 6.07) is 2.06. The summed E-state index contributed by atoms with van der Waals surface area (Å²) in [5.74, 6) is 0. The molecule has 0 saturated carbocycles. The zero-order chi connectivity index (χ0) is 40.0. The van der Waals surface area contributed by atoms with Crippen LogP contribution in [0.4, 0.5) is 0 Å². The van der Waals surface area contributed by atoms with Gasteiger partial charge in [-0.25, -0.2) is 0 Å². The number of hydrogen-bond donors (Lipinski definition) is 0.